The third kappa shape index (κ3) is 24.9. The highest BCUT2D eigenvalue weighted by molar-refractivity contribution is 5.93. The van der Waals surface area contributed by atoms with Crippen molar-refractivity contribution in [3.05, 3.63) is 109 Å². The Labute approximate surface area is 310 Å². The van der Waals surface area contributed by atoms with E-state index in [1.807, 2.05) is 0 Å². The molecule has 0 atom stereocenters. The molecule has 0 unspecified atom stereocenters. The molecule has 0 saturated heterocycles. The Morgan fingerprint density at radius 2 is 0.755 bits per heavy atom. The third-order valence-electron chi connectivity index (χ3n) is 6.61. The summed E-state index contributed by atoms with van der Waals surface area (Å²) in [6, 6.07) is 5.89. The number of Topliss-reactive ketones (excluding diaryl/α,β-unsaturated/α-hetero) is 1. The molecule has 0 heterocycles. The standard InChI is InChI=1S/C40H48O13/c1-3-26-48-37(44)19-15-16-34(41)24-25-38(45)51-30-13-6-5-11-28-49-35(42)17-9-10-18-36(43)50-29-12-7-8-14-31-53-40(47)33-22-20-32(21-23-33)39(46)52-27-4-2/h3-8,11-14,20-23H,1-2,9-10,15-19,24-31H2/b11-5+,12-7+,13-6+,14-8+. The van der Waals surface area contributed by atoms with Gasteiger partial charge in [0.15, 0.2) is 0 Å². The fraction of sp³-hybridized carbons (Fsp3) is 0.375. The second-order valence-corrected chi connectivity index (χ2v) is 10.9. The molecule has 0 aliphatic rings. The van der Waals surface area contributed by atoms with Crippen molar-refractivity contribution >= 4 is 41.6 Å². The number of allylic oxidation sites excluding steroid dienone is 4. The molecule has 0 bridgehead atoms. The largest absolute Gasteiger partial charge is 0.461 e. The summed E-state index contributed by atoms with van der Waals surface area (Å²) in [5.41, 5.74) is 0.595. The van der Waals surface area contributed by atoms with E-state index >= 15 is 0 Å². The summed E-state index contributed by atoms with van der Waals surface area (Å²) >= 11 is 0. The maximum atomic E-state index is 12.1. The van der Waals surface area contributed by atoms with E-state index in [1.165, 1.54) is 36.4 Å². The van der Waals surface area contributed by atoms with E-state index < -0.39 is 35.8 Å². The smallest absolute Gasteiger partial charge is 0.338 e. The predicted octanol–water partition coefficient (Wildman–Crippen LogP) is 5.85. The van der Waals surface area contributed by atoms with Crippen LogP contribution in [0.3, 0.4) is 0 Å². The molecule has 1 rings (SSSR count). The molecule has 0 saturated carbocycles. The number of benzene rings is 1. The van der Waals surface area contributed by atoms with Crippen molar-refractivity contribution in [2.75, 3.05) is 39.6 Å². The SMILES string of the molecule is C=CCOC(=O)CCCC(=O)CCC(=O)OC/C=C/C=C/COC(=O)CCCCC(=O)OC/C=C/C=C/COC(=O)c1ccc(C(=O)OCC=C)cc1. The summed E-state index contributed by atoms with van der Waals surface area (Å²) in [6.07, 6.45) is 17.8. The number of hydrogen-bond donors (Lipinski definition) is 0. The molecule has 0 amide bonds. The maximum absolute atomic E-state index is 12.1. The monoisotopic (exact) mass is 736 g/mol. The van der Waals surface area contributed by atoms with Gasteiger partial charge in [-0.05, 0) is 67.8 Å². The minimum absolute atomic E-state index is 0.0233. The van der Waals surface area contributed by atoms with Crippen molar-refractivity contribution in [2.24, 2.45) is 0 Å². The van der Waals surface area contributed by atoms with Gasteiger partial charge in [0.1, 0.15) is 45.4 Å². The van der Waals surface area contributed by atoms with E-state index in [2.05, 4.69) is 13.2 Å². The van der Waals surface area contributed by atoms with Crippen LogP contribution in [-0.2, 0) is 52.4 Å². The van der Waals surface area contributed by atoms with Crippen LogP contribution in [0.4, 0.5) is 0 Å². The van der Waals surface area contributed by atoms with Crippen molar-refractivity contribution in [3.63, 3.8) is 0 Å². The zero-order valence-corrected chi connectivity index (χ0v) is 29.9. The molecule has 1 aromatic rings. The van der Waals surface area contributed by atoms with Gasteiger partial charge in [-0.25, -0.2) is 9.59 Å². The highest BCUT2D eigenvalue weighted by atomic mass is 16.5. The van der Waals surface area contributed by atoms with E-state index in [0.29, 0.717) is 24.8 Å². The van der Waals surface area contributed by atoms with Gasteiger partial charge in [0.25, 0.3) is 0 Å². The second-order valence-electron chi connectivity index (χ2n) is 10.9. The first-order valence-electron chi connectivity index (χ1n) is 17.1. The van der Waals surface area contributed by atoms with Crippen molar-refractivity contribution < 1.29 is 62.0 Å². The summed E-state index contributed by atoms with van der Waals surface area (Å²) in [7, 11) is 0. The Kier molecular flexibility index (Phi) is 25.4. The summed E-state index contributed by atoms with van der Waals surface area (Å²) < 4.78 is 30.1. The van der Waals surface area contributed by atoms with Crippen molar-refractivity contribution in [1.29, 1.82) is 0 Å². The zero-order valence-electron chi connectivity index (χ0n) is 29.9. The number of rotatable bonds is 28. The fourth-order valence-electron chi connectivity index (χ4n) is 3.90. The van der Waals surface area contributed by atoms with Crippen LogP contribution in [-0.4, -0.2) is 81.2 Å². The van der Waals surface area contributed by atoms with E-state index in [9.17, 15) is 33.6 Å². The first kappa shape index (κ1) is 45.2. The normalized spacial score (nSPS) is 11.0. The first-order valence-corrected chi connectivity index (χ1v) is 17.1. The van der Waals surface area contributed by atoms with Gasteiger partial charge >= 0.3 is 35.8 Å². The van der Waals surface area contributed by atoms with E-state index in [1.54, 1.807) is 48.6 Å². The van der Waals surface area contributed by atoms with Crippen LogP contribution < -0.4 is 0 Å². The molecule has 0 spiro atoms. The highest BCUT2D eigenvalue weighted by Crippen LogP contribution is 2.08. The molecule has 0 N–H and O–H groups in total. The first-order chi connectivity index (χ1) is 25.7. The van der Waals surface area contributed by atoms with E-state index in [4.69, 9.17) is 28.4 Å². The Hall–Kier alpha value is -5.85. The summed E-state index contributed by atoms with van der Waals surface area (Å²) in [4.78, 5) is 82.6. The molecule has 0 aliphatic carbocycles. The van der Waals surface area contributed by atoms with Crippen LogP contribution in [0.5, 0.6) is 0 Å². The molecular weight excluding hydrogens is 688 g/mol. The van der Waals surface area contributed by atoms with Crippen molar-refractivity contribution in [1.82, 2.24) is 0 Å². The van der Waals surface area contributed by atoms with Gasteiger partial charge in [-0.3, -0.25) is 24.0 Å². The minimum Gasteiger partial charge on any atom is -0.461 e. The van der Waals surface area contributed by atoms with Gasteiger partial charge < -0.3 is 28.4 Å². The van der Waals surface area contributed by atoms with Gasteiger partial charge in [0.2, 0.25) is 0 Å². The molecule has 286 valence electrons. The number of unbranched alkanes of at least 4 members (excludes halogenated alkanes) is 1. The van der Waals surface area contributed by atoms with Gasteiger partial charge in [0, 0.05) is 32.1 Å². The van der Waals surface area contributed by atoms with Gasteiger partial charge in [-0.15, -0.1) is 0 Å². The summed E-state index contributed by atoms with van der Waals surface area (Å²) in [6.45, 7) is 7.33. The van der Waals surface area contributed by atoms with Crippen LogP contribution >= 0.6 is 0 Å². The van der Waals surface area contributed by atoms with Crippen LogP contribution in [0.2, 0.25) is 0 Å². The number of carbonyl (C=O) groups excluding carboxylic acids is 7. The number of ether oxygens (including phenoxy) is 6. The maximum Gasteiger partial charge on any atom is 0.338 e. The van der Waals surface area contributed by atoms with Crippen LogP contribution in [0.25, 0.3) is 0 Å². The Balaban J connectivity index is 2.04. The average molecular weight is 737 g/mol. The molecule has 0 fully saturated rings. The molecule has 1 aromatic carbocycles. The van der Waals surface area contributed by atoms with Gasteiger partial charge in [0.05, 0.1) is 17.5 Å². The topological polar surface area (TPSA) is 175 Å². The molecule has 53 heavy (non-hydrogen) atoms. The fourth-order valence-corrected chi connectivity index (χ4v) is 3.90. The summed E-state index contributed by atoms with van der Waals surface area (Å²) in [5, 5.41) is 0. The van der Waals surface area contributed by atoms with Crippen molar-refractivity contribution in [3.8, 4) is 0 Å². The van der Waals surface area contributed by atoms with Crippen molar-refractivity contribution in [2.45, 2.75) is 57.8 Å². The van der Waals surface area contributed by atoms with Gasteiger partial charge in [-0.2, -0.15) is 0 Å². The Morgan fingerprint density at radius 1 is 0.415 bits per heavy atom. The molecule has 13 heteroatoms. The number of hydrogen-bond acceptors (Lipinski definition) is 13. The molecule has 13 nitrogen and oxygen atoms in total. The Bertz CT molecular complexity index is 1470. The lowest BCUT2D eigenvalue weighted by Crippen LogP contribution is -2.09. The molecular formula is C40H48O13. The summed E-state index contributed by atoms with van der Waals surface area (Å²) in [5.74, 6) is -2.90. The van der Waals surface area contributed by atoms with Crippen LogP contribution in [0, 0.1) is 0 Å². The predicted molar refractivity (Wildman–Crippen MR) is 194 cm³/mol. The number of esters is 6. The quantitative estimate of drug-likeness (QED) is 0.0330. The third-order valence-corrected chi connectivity index (χ3v) is 6.61. The van der Waals surface area contributed by atoms with E-state index in [-0.39, 0.29) is 89.5 Å². The highest BCUT2D eigenvalue weighted by Gasteiger charge is 2.11. The molecule has 0 radical (unpaired) electrons. The lowest BCUT2D eigenvalue weighted by Gasteiger charge is -2.04. The lowest BCUT2D eigenvalue weighted by molar-refractivity contribution is -0.144. The van der Waals surface area contributed by atoms with Crippen LogP contribution in [0.1, 0.15) is 78.5 Å². The minimum atomic E-state index is -0.550. The lowest BCUT2D eigenvalue weighted by atomic mass is 10.1. The Morgan fingerprint density at radius 3 is 1.19 bits per heavy atom. The molecule has 0 aromatic heterocycles. The van der Waals surface area contributed by atoms with Gasteiger partial charge in [-0.1, -0.05) is 49.6 Å². The average Bonchev–Trinajstić information content (AvgIpc) is 3.15. The number of ketones is 1. The number of carbonyl (C=O) groups is 7. The van der Waals surface area contributed by atoms with Crippen LogP contribution in [0.15, 0.2) is 98.2 Å². The second kappa shape index (κ2) is 29.8. The van der Waals surface area contributed by atoms with E-state index in [0.717, 1.165) is 0 Å². The zero-order chi connectivity index (χ0) is 38.9. The molecule has 0 aliphatic heterocycles.